The molecule has 3 heterocycles. The zero-order chi connectivity index (χ0) is 57.7. The molecule has 0 saturated carbocycles. The summed E-state index contributed by atoms with van der Waals surface area (Å²) in [4.78, 5) is 148. The average Bonchev–Trinajstić information content (AvgIpc) is 4.09. The van der Waals surface area contributed by atoms with Crippen LogP contribution in [0.2, 0.25) is 0 Å². The zero-order valence-electron chi connectivity index (χ0n) is 47.8. The van der Waals surface area contributed by atoms with Crippen molar-refractivity contribution in [2.45, 2.75) is 195 Å². The van der Waals surface area contributed by atoms with Gasteiger partial charge < -0.3 is 54.9 Å². The minimum absolute atomic E-state index is 0.114. The largest absolute Gasteiger partial charge is 0.497 e. The third-order valence-corrected chi connectivity index (χ3v) is 15.2. The van der Waals surface area contributed by atoms with E-state index >= 15 is 0 Å². The fraction of sp³-hybridized carbons (Fsp3) is 0.714. The number of carbonyl (C=O) groups is 10. The standard InChI is InChI=1S/C56H87N7O14/c1-15-33(8)46-44(65)29-45(66)77-49(32(6)7)48(67)34(9)50(68)57-39(26-30(2)3)53(71)63-25-17-19-41(63)55(73)61(13)43(28-37-20-22-38(75-14)23-21-37)56(74)76-35(10)47(52(70)58-46)59-51(69)42(27-31(4)5)60(12)54(72)40-18-16-24-62(40)36(11)64/h20-23,30-35,39-44,46-47,49,65H,15-19,24-29H2,1-14H3,(H,57,68)(H,58,70)(H,59,69)/t33-,34-,35-,39+,40-,41-,42+,43-,44+,46-,47-,49+/m0/s1. The van der Waals surface area contributed by atoms with Gasteiger partial charge in [-0.1, -0.05) is 73.9 Å². The summed E-state index contributed by atoms with van der Waals surface area (Å²) in [6.07, 6.45) is -3.19. The number of ether oxygens (including phenoxy) is 3. The Morgan fingerprint density at radius 3 is 2.08 bits per heavy atom. The van der Waals surface area contributed by atoms with Crippen LogP contribution in [0.3, 0.4) is 0 Å². The number of hydrogen-bond acceptors (Lipinski definition) is 14. The van der Waals surface area contributed by atoms with Gasteiger partial charge in [0.1, 0.15) is 48.1 Å². The Morgan fingerprint density at radius 2 is 1.51 bits per heavy atom. The number of nitrogens with zero attached hydrogens (tertiary/aromatic N) is 4. The Kier molecular flexibility index (Phi) is 23.5. The molecule has 4 N–H and O–H groups in total. The summed E-state index contributed by atoms with van der Waals surface area (Å²) in [7, 11) is 4.36. The summed E-state index contributed by atoms with van der Waals surface area (Å²) in [6, 6.07) is -1.80. The lowest BCUT2D eigenvalue weighted by atomic mass is 9.91. The number of likely N-dealkylation sites (tertiary alicyclic amines) is 1. The monoisotopic (exact) mass is 1080 g/mol. The molecule has 0 bridgehead atoms. The van der Waals surface area contributed by atoms with Crippen molar-refractivity contribution in [3.05, 3.63) is 29.8 Å². The number of Topliss-reactive ketones (excluding diaryl/α,β-unsaturated/α-hetero) is 1. The van der Waals surface area contributed by atoms with Crippen molar-refractivity contribution in [2.75, 3.05) is 34.3 Å². The first-order chi connectivity index (χ1) is 36.1. The summed E-state index contributed by atoms with van der Waals surface area (Å²) >= 11 is 0. The van der Waals surface area contributed by atoms with Crippen LogP contribution in [0.5, 0.6) is 5.75 Å². The molecule has 77 heavy (non-hydrogen) atoms. The number of ketones is 1. The third-order valence-electron chi connectivity index (χ3n) is 15.2. The van der Waals surface area contributed by atoms with Gasteiger partial charge in [0.05, 0.1) is 31.6 Å². The molecule has 3 saturated heterocycles. The number of aliphatic hydroxyl groups excluding tert-OH is 1. The molecule has 0 aromatic heterocycles. The van der Waals surface area contributed by atoms with Gasteiger partial charge in [-0.2, -0.15) is 0 Å². The predicted molar refractivity (Wildman–Crippen MR) is 284 cm³/mol. The van der Waals surface area contributed by atoms with Crippen LogP contribution >= 0.6 is 0 Å². The highest BCUT2D eigenvalue weighted by molar-refractivity contribution is 6.05. The quantitative estimate of drug-likeness (QED) is 0.154. The first-order valence-corrected chi connectivity index (χ1v) is 27.4. The van der Waals surface area contributed by atoms with E-state index in [1.165, 1.54) is 61.6 Å². The van der Waals surface area contributed by atoms with E-state index in [2.05, 4.69) is 16.0 Å². The van der Waals surface area contributed by atoms with Crippen molar-refractivity contribution in [3.63, 3.8) is 0 Å². The van der Waals surface area contributed by atoms with E-state index in [0.29, 0.717) is 43.5 Å². The fourth-order valence-electron chi connectivity index (χ4n) is 10.4. The van der Waals surface area contributed by atoms with Gasteiger partial charge in [0.15, 0.2) is 11.9 Å². The Labute approximate surface area is 454 Å². The second kappa shape index (κ2) is 28.5. The lowest BCUT2D eigenvalue weighted by molar-refractivity contribution is -0.163. The molecule has 1 aromatic carbocycles. The number of likely N-dealkylation sites (N-methyl/N-ethyl adjacent to an activating group) is 2. The van der Waals surface area contributed by atoms with E-state index in [9.17, 15) is 53.1 Å². The van der Waals surface area contributed by atoms with Crippen molar-refractivity contribution in [2.24, 2.45) is 29.6 Å². The molecule has 0 aliphatic carbocycles. The molecule has 1 aromatic rings. The SMILES string of the molecule is CC[C@H](C)[C@@H]1NC(=O)[C@@H](NC(=O)[C@@H](CC(C)C)N(C)C(=O)[C@@H]2CCCN2C(C)=O)[C@H](C)OC(=O)[C@H](Cc2ccc(OC)cc2)N(C)C(=O)[C@@H]2CCCN2C(=O)[C@@H](CC(C)C)NC(=O)[C@@H](C)C(=O)[C@@H](C(C)C)OC(=O)C[C@H]1O. The van der Waals surface area contributed by atoms with Crippen LogP contribution in [0.15, 0.2) is 24.3 Å². The van der Waals surface area contributed by atoms with E-state index in [1.807, 2.05) is 27.7 Å². The smallest absolute Gasteiger partial charge is 0.329 e. The highest BCUT2D eigenvalue weighted by Crippen LogP contribution is 2.27. The Hall–Kier alpha value is -6.12. The first-order valence-electron chi connectivity index (χ1n) is 27.4. The minimum Gasteiger partial charge on any atom is -0.497 e. The molecule has 3 aliphatic heterocycles. The summed E-state index contributed by atoms with van der Waals surface area (Å²) in [6.45, 7) is 18.8. The number of cyclic esters (lactones) is 2. The number of nitrogens with one attached hydrogen (secondary N) is 3. The van der Waals surface area contributed by atoms with Gasteiger partial charge in [-0.15, -0.1) is 0 Å². The molecule has 430 valence electrons. The van der Waals surface area contributed by atoms with E-state index < -0.39 is 138 Å². The molecule has 21 heteroatoms. The van der Waals surface area contributed by atoms with Crippen molar-refractivity contribution in [1.29, 1.82) is 0 Å². The highest BCUT2D eigenvalue weighted by Gasteiger charge is 2.45. The van der Waals surface area contributed by atoms with Gasteiger partial charge >= 0.3 is 11.9 Å². The number of benzene rings is 1. The maximum atomic E-state index is 15.0. The molecule has 21 nitrogen and oxygen atoms in total. The number of rotatable bonds is 14. The number of carbonyl (C=O) groups excluding carboxylic acids is 10. The van der Waals surface area contributed by atoms with Crippen LogP contribution in [0.25, 0.3) is 0 Å². The average molecular weight is 1080 g/mol. The number of aliphatic hydroxyl groups is 1. The highest BCUT2D eigenvalue weighted by atomic mass is 16.6. The maximum Gasteiger partial charge on any atom is 0.329 e. The Bertz CT molecular complexity index is 2270. The van der Waals surface area contributed by atoms with Gasteiger partial charge in [0.2, 0.25) is 41.4 Å². The molecule has 4 rings (SSSR count). The topological polar surface area (TPSA) is 268 Å². The van der Waals surface area contributed by atoms with Crippen molar-refractivity contribution < 1.29 is 67.3 Å². The first kappa shape index (κ1) is 63.4. The second-order valence-electron chi connectivity index (χ2n) is 22.5. The summed E-state index contributed by atoms with van der Waals surface area (Å²) < 4.78 is 17.2. The Morgan fingerprint density at radius 1 is 0.870 bits per heavy atom. The van der Waals surface area contributed by atoms with Crippen LogP contribution in [0.1, 0.15) is 133 Å². The number of hydrogen-bond donors (Lipinski definition) is 4. The number of fused-ring (bicyclic) bond motifs is 1. The van der Waals surface area contributed by atoms with E-state index in [-0.39, 0.29) is 50.0 Å². The third kappa shape index (κ3) is 16.5. The molecule has 3 aliphatic rings. The van der Waals surface area contributed by atoms with Crippen molar-refractivity contribution in [1.82, 2.24) is 35.6 Å². The molecule has 12 atom stereocenters. The number of methoxy groups -OCH3 is 1. The van der Waals surface area contributed by atoms with Crippen LogP contribution in [0, 0.1) is 29.6 Å². The van der Waals surface area contributed by atoms with E-state index in [1.54, 1.807) is 52.0 Å². The molecule has 0 spiro atoms. The van der Waals surface area contributed by atoms with Gasteiger partial charge in [-0.05, 0) is 93.7 Å². The second-order valence-corrected chi connectivity index (χ2v) is 22.5. The molecule has 0 radical (unpaired) electrons. The Balaban J connectivity index is 1.89. The van der Waals surface area contributed by atoms with Gasteiger partial charge in [0.25, 0.3) is 0 Å². The van der Waals surface area contributed by atoms with Crippen LogP contribution in [0.4, 0.5) is 0 Å². The lowest BCUT2D eigenvalue weighted by Crippen LogP contribution is -2.62. The van der Waals surface area contributed by atoms with E-state index in [0.717, 1.165) is 0 Å². The molecule has 0 unspecified atom stereocenters. The van der Waals surface area contributed by atoms with Crippen molar-refractivity contribution in [3.8, 4) is 5.75 Å². The van der Waals surface area contributed by atoms with Gasteiger partial charge in [-0.3, -0.25) is 43.2 Å². The summed E-state index contributed by atoms with van der Waals surface area (Å²) in [5.41, 5.74) is 0.584. The molecular formula is C56H87N7O14. The van der Waals surface area contributed by atoms with Gasteiger partial charge in [-0.25, -0.2) is 4.79 Å². The zero-order valence-corrected chi connectivity index (χ0v) is 47.8. The van der Waals surface area contributed by atoms with Gasteiger partial charge in [0, 0.05) is 40.5 Å². The maximum absolute atomic E-state index is 15.0. The minimum atomic E-state index is -1.73. The normalized spacial score (nSPS) is 27.7. The van der Waals surface area contributed by atoms with Crippen LogP contribution in [-0.4, -0.2) is 179 Å². The summed E-state index contributed by atoms with van der Waals surface area (Å²) in [5.74, 6) is -9.56. The fourth-order valence-corrected chi connectivity index (χ4v) is 10.4. The molecule has 7 amide bonds. The molecular weight excluding hydrogens is 995 g/mol. The lowest BCUT2D eigenvalue weighted by Gasteiger charge is -2.36. The van der Waals surface area contributed by atoms with Crippen LogP contribution in [-0.2, 0) is 63.8 Å². The summed E-state index contributed by atoms with van der Waals surface area (Å²) in [5, 5.41) is 20.1. The van der Waals surface area contributed by atoms with E-state index in [4.69, 9.17) is 14.2 Å². The molecule has 3 fully saturated rings. The predicted octanol–water partition coefficient (Wildman–Crippen LogP) is 2.96. The van der Waals surface area contributed by atoms with Crippen LogP contribution < -0.4 is 20.7 Å². The number of esters is 2. The van der Waals surface area contributed by atoms with Crippen molar-refractivity contribution >= 4 is 59.1 Å². The number of amides is 7.